The number of benzene rings is 1. The number of nitrogens with zero attached hydrogens (tertiary/aromatic N) is 3. The molecule has 2 aromatic rings. The van der Waals surface area contributed by atoms with E-state index in [-0.39, 0.29) is 23.9 Å². The lowest BCUT2D eigenvalue weighted by molar-refractivity contribution is -0.127. The number of hydrogen-bond donors (Lipinski definition) is 2. The molecule has 2 amide bonds. The van der Waals surface area contributed by atoms with E-state index in [2.05, 4.69) is 32.7 Å². The van der Waals surface area contributed by atoms with Crippen molar-refractivity contribution in [3.05, 3.63) is 53.9 Å². The van der Waals surface area contributed by atoms with E-state index in [9.17, 15) is 9.59 Å². The third-order valence-electron chi connectivity index (χ3n) is 4.39. The molecule has 1 atom stereocenters. The molecular weight excluding hydrogens is 342 g/mol. The minimum absolute atomic E-state index is 0.0731. The minimum atomic E-state index is -0.256. The molecule has 0 unspecified atom stereocenters. The maximum absolute atomic E-state index is 12.4. The Morgan fingerprint density at radius 1 is 1.22 bits per heavy atom. The van der Waals surface area contributed by atoms with Gasteiger partial charge in [-0.1, -0.05) is 30.3 Å². The normalized spacial score (nSPS) is 16.6. The summed E-state index contributed by atoms with van der Waals surface area (Å²) in [7, 11) is 0. The zero-order chi connectivity index (χ0) is 19.2. The van der Waals surface area contributed by atoms with Gasteiger partial charge >= 0.3 is 0 Å². The molecule has 7 nitrogen and oxygen atoms in total. The topological polar surface area (TPSA) is 87.2 Å². The smallest absolute Gasteiger partial charge is 0.254 e. The molecule has 3 rings (SSSR count). The molecule has 0 saturated carbocycles. The van der Waals surface area contributed by atoms with Crippen molar-refractivity contribution in [2.45, 2.75) is 38.8 Å². The first-order chi connectivity index (χ1) is 13.0. The highest BCUT2D eigenvalue weighted by atomic mass is 16.2. The summed E-state index contributed by atoms with van der Waals surface area (Å²) in [6.45, 7) is 5.18. The van der Waals surface area contributed by atoms with Crippen molar-refractivity contribution in [2.24, 2.45) is 0 Å². The number of carbonyl (C=O) groups excluding carboxylic acids is 2. The maximum atomic E-state index is 12.4. The Morgan fingerprint density at radius 2 is 1.93 bits per heavy atom. The van der Waals surface area contributed by atoms with Crippen LogP contribution in [0.1, 0.15) is 36.2 Å². The highest BCUT2D eigenvalue weighted by Crippen LogP contribution is 2.13. The van der Waals surface area contributed by atoms with Gasteiger partial charge < -0.3 is 15.5 Å². The second kappa shape index (κ2) is 8.62. The molecule has 0 radical (unpaired) electrons. The van der Waals surface area contributed by atoms with Crippen LogP contribution in [0.25, 0.3) is 0 Å². The van der Waals surface area contributed by atoms with Gasteiger partial charge in [0.15, 0.2) is 0 Å². The average Bonchev–Trinajstić information content (AvgIpc) is 3.00. The summed E-state index contributed by atoms with van der Waals surface area (Å²) in [5, 5.41) is 5.99. The molecule has 1 aliphatic heterocycles. The number of hydrogen-bond acceptors (Lipinski definition) is 5. The van der Waals surface area contributed by atoms with Gasteiger partial charge in [0, 0.05) is 37.9 Å². The van der Waals surface area contributed by atoms with Crippen molar-refractivity contribution in [3.63, 3.8) is 0 Å². The second-order valence-electron chi connectivity index (χ2n) is 7.04. The van der Waals surface area contributed by atoms with Crippen molar-refractivity contribution in [2.75, 3.05) is 18.4 Å². The van der Waals surface area contributed by atoms with E-state index in [0.29, 0.717) is 31.0 Å². The monoisotopic (exact) mass is 367 g/mol. The number of amides is 2. The van der Waals surface area contributed by atoms with Crippen molar-refractivity contribution in [1.29, 1.82) is 0 Å². The lowest BCUT2D eigenvalue weighted by atomic mass is 10.1. The molecule has 1 aromatic heterocycles. The first-order valence-corrected chi connectivity index (χ1v) is 9.22. The van der Waals surface area contributed by atoms with E-state index < -0.39 is 0 Å². The standard InChI is InChI=1S/C20H25N5O2/c1-14(2)23-20-21-11-16(12-22-20)19(27)24-17-10-18(26)25(13-17)9-8-15-6-4-3-5-7-15/h3-7,11-12,14,17H,8-10,13H2,1-2H3,(H,24,27)(H,21,22,23)/t17-/m1/s1. The fraction of sp³-hybridized carbons (Fsp3) is 0.400. The molecular formula is C20H25N5O2. The molecule has 0 spiro atoms. The van der Waals surface area contributed by atoms with Gasteiger partial charge in [0.25, 0.3) is 5.91 Å². The third kappa shape index (κ3) is 5.26. The summed E-state index contributed by atoms with van der Waals surface area (Å²) in [6, 6.07) is 10.1. The first-order valence-electron chi connectivity index (χ1n) is 9.22. The Hall–Kier alpha value is -2.96. The number of aromatic nitrogens is 2. The second-order valence-corrected chi connectivity index (χ2v) is 7.04. The molecule has 0 bridgehead atoms. The summed E-state index contributed by atoms with van der Waals surface area (Å²) in [5.41, 5.74) is 1.59. The van der Waals surface area contributed by atoms with Gasteiger partial charge in [-0.15, -0.1) is 0 Å². The summed E-state index contributed by atoms with van der Waals surface area (Å²) < 4.78 is 0. The first kappa shape index (κ1) is 18.8. The van der Waals surface area contributed by atoms with E-state index in [1.807, 2.05) is 36.9 Å². The molecule has 7 heteroatoms. The number of likely N-dealkylation sites (tertiary alicyclic amines) is 1. The molecule has 27 heavy (non-hydrogen) atoms. The molecule has 1 aliphatic rings. The Labute approximate surface area is 159 Å². The van der Waals surface area contributed by atoms with Crippen LogP contribution >= 0.6 is 0 Å². The highest BCUT2D eigenvalue weighted by molar-refractivity contribution is 5.94. The van der Waals surface area contributed by atoms with E-state index in [1.165, 1.54) is 18.0 Å². The van der Waals surface area contributed by atoms with Crippen molar-refractivity contribution >= 4 is 17.8 Å². The van der Waals surface area contributed by atoms with Crippen LogP contribution in [0.15, 0.2) is 42.7 Å². The van der Waals surface area contributed by atoms with Crippen LogP contribution in [0.2, 0.25) is 0 Å². The quantitative estimate of drug-likeness (QED) is 0.780. The zero-order valence-electron chi connectivity index (χ0n) is 15.7. The molecule has 1 saturated heterocycles. The lowest BCUT2D eigenvalue weighted by Gasteiger charge is -2.17. The number of nitrogens with one attached hydrogen (secondary N) is 2. The van der Waals surface area contributed by atoms with Gasteiger partial charge in [0.2, 0.25) is 11.9 Å². The van der Waals surface area contributed by atoms with Crippen LogP contribution in [0.5, 0.6) is 0 Å². The van der Waals surface area contributed by atoms with Crippen LogP contribution in [0, 0.1) is 0 Å². The summed E-state index contributed by atoms with van der Waals surface area (Å²) in [4.78, 5) is 34.7. The largest absolute Gasteiger partial charge is 0.352 e. The molecule has 2 heterocycles. The van der Waals surface area contributed by atoms with Crippen LogP contribution in [0.3, 0.4) is 0 Å². The Kier molecular flexibility index (Phi) is 6.01. The van der Waals surface area contributed by atoms with E-state index in [0.717, 1.165) is 6.42 Å². The minimum Gasteiger partial charge on any atom is -0.352 e. The van der Waals surface area contributed by atoms with Gasteiger partial charge in [-0.25, -0.2) is 9.97 Å². The van der Waals surface area contributed by atoms with Crippen molar-refractivity contribution in [3.8, 4) is 0 Å². The maximum Gasteiger partial charge on any atom is 0.254 e. The highest BCUT2D eigenvalue weighted by Gasteiger charge is 2.30. The Balaban J connectivity index is 1.50. The van der Waals surface area contributed by atoms with Crippen LogP contribution in [-0.4, -0.2) is 51.9 Å². The van der Waals surface area contributed by atoms with E-state index in [4.69, 9.17) is 0 Å². The fourth-order valence-corrected chi connectivity index (χ4v) is 3.04. The molecule has 2 N–H and O–H groups in total. The fourth-order valence-electron chi connectivity index (χ4n) is 3.04. The van der Waals surface area contributed by atoms with E-state index in [1.54, 1.807) is 0 Å². The van der Waals surface area contributed by atoms with Crippen molar-refractivity contribution < 1.29 is 9.59 Å². The van der Waals surface area contributed by atoms with Crippen LogP contribution in [-0.2, 0) is 11.2 Å². The Morgan fingerprint density at radius 3 is 2.59 bits per heavy atom. The number of carbonyl (C=O) groups is 2. The molecule has 0 aliphatic carbocycles. The van der Waals surface area contributed by atoms with E-state index >= 15 is 0 Å². The average molecular weight is 367 g/mol. The number of rotatable bonds is 7. The summed E-state index contributed by atoms with van der Waals surface area (Å²) in [6.07, 6.45) is 4.13. The van der Waals surface area contributed by atoms with Crippen molar-refractivity contribution in [1.82, 2.24) is 20.2 Å². The predicted octanol–water partition coefficient (Wildman–Crippen LogP) is 1.87. The van der Waals surface area contributed by atoms with Crippen LogP contribution in [0.4, 0.5) is 5.95 Å². The van der Waals surface area contributed by atoms with Gasteiger partial charge in [0.05, 0.1) is 11.6 Å². The molecule has 1 fully saturated rings. The summed E-state index contributed by atoms with van der Waals surface area (Å²) in [5.74, 6) is 0.308. The Bertz CT molecular complexity index is 777. The predicted molar refractivity (Wildman–Crippen MR) is 103 cm³/mol. The van der Waals surface area contributed by atoms with Gasteiger partial charge in [-0.2, -0.15) is 0 Å². The molecule has 1 aromatic carbocycles. The third-order valence-corrected chi connectivity index (χ3v) is 4.39. The molecule has 142 valence electrons. The summed E-state index contributed by atoms with van der Waals surface area (Å²) >= 11 is 0. The van der Waals surface area contributed by atoms with Gasteiger partial charge in [0.1, 0.15) is 0 Å². The SMILES string of the molecule is CC(C)Nc1ncc(C(=O)N[C@@H]2CC(=O)N(CCc3ccccc3)C2)cn1. The number of anilines is 1. The van der Waals surface area contributed by atoms with Gasteiger partial charge in [-0.3, -0.25) is 9.59 Å². The van der Waals surface area contributed by atoms with Gasteiger partial charge in [-0.05, 0) is 25.8 Å². The van der Waals surface area contributed by atoms with Crippen LogP contribution < -0.4 is 10.6 Å². The zero-order valence-corrected chi connectivity index (χ0v) is 15.7. The lowest BCUT2D eigenvalue weighted by Crippen LogP contribution is -2.37.